The SMILES string of the molecule is CCC[N+](CCC)(CCC)CC(CCl)OC(C)=O. The Hall–Kier alpha value is -0.280. The zero-order valence-electron chi connectivity index (χ0n) is 12.4. The molecule has 0 rings (SSSR count). The molecule has 3 nitrogen and oxygen atoms in total. The third kappa shape index (κ3) is 6.60. The Labute approximate surface area is 117 Å². The molecule has 0 amide bonds. The van der Waals surface area contributed by atoms with Crippen molar-refractivity contribution in [2.75, 3.05) is 32.1 Å². The number of hydrogen-bond acceptors (Lipinski definition) is 2. The fraction of sp³-hybridized carbons (Fsp3) is 0.929. The van der Waals surface area contributed by atoms with Gasteiger partial charge in [0.15, 0.2) is 6.10 Å². The van der Waals surface area contributed by atoms with E-state index in [1.54, 1.807) is 0 Å². The van der Waals surface area contributed by atoms with Gasteiger partial charge in [0, 0.05) is 6.92 Å². The van der Waals surface area contributed by atoms with Crippen molar-refractivity contribution in [3.05, 3.63) is 0 Å². The third-order valence-electron chi connectivity index (χ3n) is 3.19. The summed E-state index contributed by atoms with van der Waals surface area (Å²) < 4.78 is 6.33. The fourth-order valence-electron chi connectivity index (χ4n) is 2.82. The number of hydrogen-bond donors (Lipinski definition) is 0. The summed E-state index contributed by atoms with van der Waals surface area (Å²) in [6.07, 6.45) is 3.29. The van der Waals surface area contributed by atoms with E-state index in [1.165, 1.54) is 6.92 Å². The molecule has 0 aromatic rings. The summed E-state index contributed by atoms with van der Waals surface area (Å²) in [7, 11) is 0. The molecule has 0 saturated carbocycles. The van der Waals surface area contributed by atoms with Gasteiger partial charge >= 0.3 is 5.97 Å². The van der Waals surface area contributed by atoms with Crippen LogP contribution in [0.2, 0.25) is 0 Å². The molecule has 18 heavy (non-hydrogen) atoms. The molecule has 1 atom stereocenters. The highest BCUT2D eigenvalue weighted by Gasteiger charge is 2.30. The van der Waals surface area contributed by atoms with Crippen molar-refractivity contribution in [1.29, 1.82) is 0 Å². The average Bonchev–Trinajstić information content (AvgIpc) is 2.28. The van der Waals surface area contributed by atoms with Gasteiger partial charge in [0.25, 0.3) is 0 Å². The number of quaternary nitrogens is 1. The Balaban J connectivity index is 4.74. The smallest absolute Gasteiger partial charge is 0.303 e. The Morgan fingerprint density at radius 1 is 1.11 bits per heavy atom. The van der Waals surface area contributed by atoms with Crippen molar-refractivity contribution in [3.8, 4) is 0 Å². The lowest BCUT2D eigenvalue weighted by molar-refractivity contribution is -0.930. The number of alkyl halides is 1. The van der Waals surface area contributed by atoms with Gasteiger partial charge in [-0.2, -0.15) is 0 Å². The third-order valence-corrected chi connectivity index (χ3v) is 3.53. The van der Waals surface area contributed by atoms with Gasteiger partial charge in [-0.1, -0.05) is 20.8 Å². The van der Waals surface area contributed by atoms with Gasteiger partial charge in [0.05, 0.1) is 25.5 Å². The van der Waals surface area contributed by atoms with Crippen molar-refractivity contribution in [1.82, 2.24) is 0 Å². The zero-order valence-corrected chi connectivity index (χ0v) is 13.1. The first kappa shape index (κ1) is 17.7. The molecule has 0 heterocycles. The van der Waals surface area contributed by atoms with E-state index in [1.807, 2.05) is 0 Å². The van der Waals surface area contributed by atoms with Crippen LogP contribution in [-0.4, -0.2) is 48.6 Å². The topological polar surface area (TPSA) is 26.3 Å². The summed E-state index contributed by atoms with van der Waals surface area (Å²) in [6, 6.07) is 0. The molecular formula is C14H29ClNO2+. The van der Waals surface area contributed by atoms with E-state index in [-0.39, 0.29) is 12.1 Å². The van der Waals surface area contributed by atoms with Gasteiger partial charge in [0.2, 0.25) is 0 Å². The molecule has 0 aromatic carbocycles. The predicted octanol–water partition coefficient (Wildman–Crippen LogP) is 3.20. The number of carbonyl (C=O) groups excluding carboxylic acids is 1. The molecule has 108 valence electrons. The van der Waals surface area contributed by atoms with Crippen molar-refractivity contribution in [3.63, 3.8) is 0 Å². The van der Waals surface area contributed by atoms with Crippen LogP contribution in [0, 0.1) is 0 Å². The average molecular weight is 279 g/mol. The van der Waals surface area contributed by atoms with Gasteiger partial charge < -0.3 is 9.22 Å². The molecule has 0 radical (unpaired) electrons. The maximum absolute atomic E-state index is 11.1. The summed E-state index contributed by atoms with van der Waals surface area (Å²) in [4.78, 5) is 11.1. The molecule has 1 unspecified atom stereocenters. The van der Waals surface area contributed by atoms with Crippen LogP contribution in [0.4, 0.5) is 0 Å². The monoisotopic (exact) mass is 278 g/mol. The van der Waals surface area contributed by atoms with Gasteiger partial charge in [-0.25, -0.2) is 0 Å². The minimum atomic E-state index is -0.233. The molecule has 0 fully saturated rings. The number of carbonyl (C=O) groups is 1. The van der Waals surface area contributed by atoms with Crippen molar-refractivity contribution < 1.29 is 14.0 Å². The lowest BCUT2D eigenvalue weighted by Gasteiger charge is -2.40. The molecule has 0 bridgehead atoms. The molecule has 0 spiro atoms. The Bertz CT molecular complexity index is 217. The highest BCUT2D eigenvalue weighted by molar-refractivity contribution is 6.18. The summed E-state index contributed by atoms with van der Waals surface area (Å²) in [5.74, 6) is 0.153. The zero-order chi connectivity index (χ0) is 14.0. The van der Waals surface area contributed by atoms with Crippen molar-refractivity contribution in [2.24, 2.45) is 0 Å². The Kier molecular flexibility index (Phi) is 9.47. The maximum Gasteiger partial charge on any atom is 0.303 e. The molecule has 0 aliphatic carbocycles. The Morgan fingerprint density at radius 3 is 1.83 bits per heavy atom. The van der Waals surface area contributed by atoms with Gasteiger partial charge in [-0.3, -0.25) is 4.79 Å². The van der Waals surface area contributed by atoms with E-state index in [4.69, 9.17) is 16.3 Å². The normalized spacial score (nSPS) is 13.4. The Morgan fingerprint density at radius 2 is 1.56 bits per heavy atom. The largest absolute Gasteiger partial charge is 0.455 e. The van der Waals surface area contributed by atoms with Crippen LogP contribution in [-0.2, 0) is 9.53 Å². The lowest BCUT2D eigenvalue weighted by atomic mass is 10.2. The lowest BCUT2D eigenvalue weighted by Crippen LogP contribution is -2.54. The molecule has 0 N–H and O–H groups in total. The first-order valence-corrected chi connectivity index (χ1v) is 7.65. The number of ether oxygens (including phenoxy) is 1. The molecule has 0 saturated heterocycles. The minimum absolute atomic E-state index is 0.159. The predicted molar refractivity (Wildman–Crippen MR) is 76.9 cm³/mol. The van der Waals surface area contributed by atoms with E-state index in [0.29, 0.717) is 5.88 Å². The van der Waals surface area contributed by atoms with Crippen LogP contribution in [0.5, 0.6) is 0 Å². The standard InChI is InChI=1S/C14H29ClNO2/c1-5-8-16(9-6-2,10-7-3)12-14(11-15)18-13(4)17/h14H,5-12H2,1-4H3/q+1. The molecule has 0 aromatic heterocycles. The number of halogens is 1. The van der Waals surface area contributed by atoms with E-state index in [9.17, 15) is 4.79 Å². The van der Waals surface area contributed by atoms with Gasteiger partial charge in [-0.05, 0) is 19.3 Å². The van der Waals surface area contributed by atoms with Gasteiger partial charge in [-0.15, -0.1) is 11.6 Å². The van der Waals surface area contributed by atoms with Crippen LogP contribution in [0.15, 0.2) is 0 Å². The number of esters is 1. The van der Waals surface area contributed by atoms with E-state index in [2.05, 4.69) is 20.8 Å². The van der Waals surface area contributed by atoms with E-state index < -0.39 is 0 Å². The molecule has 0 aliphatic rings. The summed E-state index contributed by atoms with van der Waals surface area (Å²) in [6.45, 7) is 12.3. The fourth-order valence-corrected chi connectivity index (χ4v) is 2.98. The summed E-state index contributed by atoms with van der Waals surface area (Å²) in [5.41, 5.74) is 0. The van der Waals surface area contributed by atoms with Crippen molar-refractivity contribution in [2.45, 2.75) is 53.1 Å². The molecule has 4 heteroatoms. The quantitative estimate of drug-likeness (QED) is 0.348. The van der Waals surface area contributed by atoms with Crippen LogP contribution in [0.3, 0.4) is 0 Å². The summed E-state index contributed by atoms with van der Waals surface area (Å²) in [5, 5.41) is 0. The van der Waals surface area contributed by atoms with Crippen LogP contribution < -0.4 is 0 Å². The minimum Gasteiger partial charge on any atom is -0.455 e. The highest BCUT2D eigenvalue weighted by Crippen LogP contribution is 2.15. The van der Waals surface area contributed by atoms with Crippen LogP contribution in [0.1, 0.15) is 47.0 Å². The first-order valence-electron chi connectivity index (χ1n) is 7.11. The second-order valence-corrected chi connectivity index (χ2v) is 5.39. The van der Waals surface area contributed by atoms with Crippen molar-refractivity contribution >= 4 is 17.6 Å². The van der Waals surface area contributed by atoms with Crippen LogP contribution in [0.25, 0.3) is 0 Å². The molecule has 0 aliphatic heterocycles. The second-order valence-electron chi connectivity index (χ2n) is 5.08. The summed E-state index contributed by atoms with van der Waals surface area (Å²) >= 11 is 5.93. The van der Waals surface area contributed by atoms with Gasteiger partial charge in [0.1, 0.15) is 6.54 Å². The second kappa shape index (κ2) is 9.62. The van der Waals surface area contributed by atoms with E-state index in [0.717, 1.165) is 49.9 Å². The van der Waals surface area contributed by atoms with E-state index >= 15 is 0 Å². The maximum atomic E-state index is 11.1. The highest BCUT2D eigenvalue weighted by atomic mass is 35.5. The first-order chi connectivity index (χ1) is 8.53. The number of rotatable bonds is 10. The molecular weight excluding hydrogens is 250 g/mol. The number of nitrogens with zero attached hydrogens (tertiary/aromatic N) is 1. The van der Waals surface area contributed by atoms with Crippen LogP contribution >= 0.6 is 11.6 Å².